The molecule has 0 bridgehead atoms. The van der Waals surface area contributed by atoms with E-state index in [1.54, 1.807) is 6.92 Å². The summed E-state index contributed by atoms with van der Waals surface area (Å²) in [6, 6.07) is 0. The number of carbonyl (C=O) groups is 1. The number of hydrogen-bond donors (Lipinski definition) is 3. The fraction of sp³-hybridized carbons (Fsp3) is 0.636. The highest BCUT2D eigenvalue weighted by Gasteiger charge is 2.29. The van der Waals surface area contributed by atoms with Gasteiger partial charge in [0, 0.05) is 13.0 Å². The zero-order valence-corrected chi connectivity index (χ0v) is 11.7. The molecule has 0 aliphatic heterocycles. The van der Waals surface area contributed by atoms with Crippen molar-refractivity contribution in [3.8, 4) is 0 Å². The minimum atomic E-state index is -1.18. The molecule has 7 heteroatoms. The number of nitrogens with one attached hydrogen (secondary N) is 2. The smallest absolute Gasteiger partial charge is 0.325 e. The average molecular weight is 282 g/mol. The second-order valence-corrected chi connectivity index (χ2v) is 4.07. The van der Waals surface area contributed by atoms with E-state index in [4.69, 9.17) is 11.1 Å². The number of rotatable bonds is 6. The third-order valence-electron chi connectivity index (χ3n) is 2.23. The van der Waals surface area contributed by atoms with Crippen molar-refractivity contribution in [3.05, 3.63) is 11.9 Å². The number of carbonyl (C=O) groups excluding carboxylic acids is 1. The van der Waals surface area contributed by atoms with Gasteiger partial charge in [0.15, 0.2) is 0 Å². The van der Waals surface area contributed by atoms with Crippen LogP contribution in [0.15, 0.2) is 11.9 Å². The molecule has 0 saturated carbocycles. The van der Waals surface area contributed by atoms with Crippen LogP contribution >= 0.6 is 12.4 Å². The molecule has 18 heavy (non-hydrogen) atoms. The van der Waals surface area contributed by atoms with E-state index in [9.17, 15) is 9.18 Å². The lowest BCUT2D eigenvalue weighted by atomic mass is 9.97. The first-order valence-electron chi connectivity index (χ1n) is 5.30. The summed E-state index contributed by atoms with van der Waals surface area (Å²) in [4.78, 5) is 11.2. The van der Waals surface area contributed by atoms with E-state index in [1.165, 1.54) is 20.1 Å². The van der Waals surface area contributed by atoms with Gasteiger partial charge in [-0.05, 0) is 26.3 Å². The number of methoxy groups -OCH3 is 1. The molecule has 0 amide bonds. The molecule has 1 atom stereocenters. The van der Waals surface area contributed by atoms with Crippen LogP contribution in [0.3, 0.4) is 0 Å². The van der Waals surface area contributed by atoms with Gasteiger partial charge in [0.1, 0.15) is 5.54 Å². The molecule has 0 spiro atoms. The summed E-state index contributed by atoms with van der Waals surface area (Å²) in [5.41, 5.74) is 4.50. The van der Waals surface area contributed by atoms with Crippen molar-refractivity contribution in [3.63, 3.8) is 0 Å². The second kappa shape index (κ2) is 8.88. The van der Waals surface area contributed by atoms with Gasteiger partial charge in [-0.1, -0.05) is 0 Å². The molecule has 0 aromatic heterocycles. The van der Waals surface area contributed by atoms with Crippen molar-refractivity contribution in [2.24, 2.45) is 5.73 Å². The number of amidine groups is 1. The first kappa shape index (κ1) is 19.2. The predicted octanol–water partition coefficient (Wildman–Crippen LogP) is 1.52. The van der Waals surface area contributed by atoms with Crippen LogP contribution in [0.5, 0.6) is 0 Å². The molecular weight excluding hydrogens is 261 g/mol. The summed E-state index contributed by atoms with van der Waals surface area (Å²) in [6.45, 7) is 3.33. The Morgan fingerprint density at radius 3 is 2.61 bits per heavy atom. The summed E-state index contributed by atoms with van der Waals surface area (Å²) < 4.78 is 17.8. The topological polar surface area (TPSA) is 88.2 Å². The standard InChI is InChI=1S/C11H20FN3O2.ClH/c1-8(13)15-7-5-9(12)4-6-11(2,14)10(16)17-3;/h5H,4,6-7,14H2,1-3H3,(H2,13,15);1H/b9-5+;. The zero-order chi connectivity index (χ0) is 13.5. The summed E-state index contributed by atoms with van der Waals surface area (Å²) in [7, 11) is 1.25. The highest BCUT2D eigenvalue weighted by molar-refractivity contribution is 5.85. The van der Waals surface area contributed by atoms with Crippen molar-refractivity contribution in [1.82, 2.24) is 5.32 Å². The molecule has 0 saturated heterocycles. The molecule has 0 heterocycles. The minimum absolute atomic E-state index is 0. The molecular formula is C11H21ClFN3O2. The van der Waals surface area contributed by atoms with Gasteiger partial charge in [0.05, 0.1) is 18.8 Å². The van der Waals surface area contributed by atoms with Crippen LogP contribution in [-0.2, 0) is 9.53 Å². The molecule has 0 rings (SSSR count). The molecule has 0 aromatic rings. The Bertz CT molecular complexity index is 319. The minimum Gasteiger partial charge on any atom is -0.468 e. The number of allylic oxidation sites excluding steroid dienone is 1. The van der Waals surface area contributed by atoms with Gasteiger partial charge in [-0.15, -0.1) is 12.4 Å². The fourth-order valence-corrected chi connectivity index (χ4v) is 1.13. The molecule has 0 radical (unpaired) electrons. The Hall–Kier alpha value is -1.14. The van der Waals surface area contributed by atoms with Gasteiger partial charge in [0.25, 0.3) is 0 Å². The largest absolute Gasteiger partial charge is 0.468 e. The Kier molecular flexibility index (Phi) is 9.47. The summed E-state index contributed by atoms with van der Waals surface area (Å²) in [5.74, 6) is -0.648. The lowest BCUT2D eigenvalue weighted by Crippen LogP contribution is -2.45. The van der Waals surface area contributed by atoms with E-state index in [-0.39, 0.29) is 43.5 Å². The van der Waals surface area contributed by atoms with Crippen molar-refractivity contribution in [1.29, 1.82) is 5.41 Å². The number of hydrogen-bond acceptors (Lipinski definition) is 4. The first-order chi connectivity index (χ1) is 7.79. The lowest BCUT2D eigenvalue weighted by Gasteiger charge is -2.20. The van der Waals surface area contributed by atoms with Crippen molar-refractivity contribution >= 4 is 24.2 Å². The third kappa shape index (κ3) is 8.03. The molecule has 106 valence electrons. The lowest BCUT2D eigenvalue weighted by molar-refractivity contribution is -0.146. The van der Waals surface area contributed by atoms with Gasteiger partial charge >= 0.3 is 5.97 Å². The van der Waals surface area contributed by atoms with E-state index in [0.29, 0.717) is 0 Å². The SMILES string of the molecule is COC(=O)C(C)(N)CC/C(F)=C\CNC(C)=N.Cl. The maximum atomic E-state index is 13.3. The Labute approximate surface area is 113 Å². The molecule has 0 aromatic carbocycles. The summed E-state index contributed by atoms with van der Waals surface area (Å²) >= 11 is 0. The van der Waals surface area contributed by atoms with Crippen molar-refractivity contribution in [2.45, 2.75) is 32.2 Å². The van der Waals surface area contributed by atoms with Crippen LogP contribution in [0.2, 0.25) is 0 Å². The Morgan fingerprint density at radius 1 is 1.61 bits per heavy atom. The summed E-state index contributed by atoms with van der Waals surface area (Å²) in [5, 5.41) is 9.73. The monoisotopic (exact) mass is 281 g/mol. The van der Waals surface area contributed by atoms with E-state index in [1.807, 2.05) is 0 Å². The van der Waals surface area contributed by atoms with Gasteiger partial charge < -0.3 is 15.8 Å². The number of ether oxygens (including phenoxy) is 1. The molecule has 0 fully saturated rings. The highest BCUT2D eigenvalue weighted by Crippen LogP contribution is 2.16. The molecule has 4 N–H and O–H groups in total. The van der Waals surface area contributed by atoms with Crippen molar-refractivity contribution < 1.29 is 13.9 Å². The fourth-order valence-electron chi connectivity index (χ4n) is 1.13. The van der Waals surface area contributed by atoms with Crippen LogP contribution in [0.1, 0.15) is 26.7 Å². The van der Waals surface area contributed by atoms with Crippen LogP contribution in [0.25, 0.3) is 0 Å². The van der Waals surface area contributed by atoms with Gasteiger partial charge in [-0.2, -0.15) is 0 Å². The quantitative estimate of drug-likeness (QED) is 0.391. The van der Waals surface area contributed by atoms with Gasteiger partial charge in [-0.3, -0.25) is 10.2 Å². The maximum absolute atomic E-state index is 13.3. The second-order valence-electron chi connectivity index (χ2n) is 4.07. The Balaban J connectivity index is 0. The molecule has 0 aliphatic carbocycles. The summed E-state index contributed by atoms with van der Waals surface area (Å²) in [6.07, 6.45) is 1.57. The Morgan fingerprint density at radius 2 is 2.17 bits per heavy atom. The van der Waals surface area contributed by atoms with Crippen LogP contribution in [0, 0.1) is 5.41 Å². The van der Waals surface area contributed by atoms with E-state index in [0.717, 1.165) is 0 Å². The van der Waals surface area contributed by atoms with Gasteiger partial charge in [-0.25, -0.2) is 4.39 Å². The first-order valence-corrected chi connectivity index (χ1v) is 5.30. The highest BCUT2D eigenvalue weighted by atomic mass is 35.5. The number of esters is 1. The van der Waals surface area contributed by atoms with Crippen molar-refractivity contribution in [2.75, 3.05) is 13.7 Å². The third-order valence-corrected chi connectivity index (χ3v) is 2.23. The molecule has 1 unspecified atom stereocenters. The average Bonchev–Trinajstić information content (AvgIpc) is 2.24. The van der Waals surface area contributed by atoms with Crippen LogP contribution in [0.4, 0.5) is 4.39 Å². The van der Waals surface area contributed by atoms with E-state index in [2.05, 4.69) is 10.1 Å². The molecule has 0 aliphatic rings. The number of halogens is 2. The molecule has 5 nitrogen and oxygen atoms in total. The van der Waals surface area contributed by atoms with E-state index >= 15 is 0 Å². The van der Waals surface area contributed by atoms with Crippen LogP contribution < -0.4 is 11.1 Å². The van der Waals surface area contributed by atoms with Gasteiger partial charge in [0.2, 0.25) is 0 Å². The number of nitrogens with two attached hydrogens (primary N) is 1. The zero-order valence-electron chi connectivity index (χ0n) is 10.9. The van der Waals surface area contributed by atoms with E-state index < -0.39 is 11.5 Å². The predicted molar refractivity (Wildman–Crippen MR) is 71.7 cm³/mol. The maximum Gasteiger partial charge on any atom is 0.325 e. The normalized spacial score (nSPS) is 14.2. The van der Waals surface area contributed by atoms with Crippen LogP contribution in [-0.4, -0.2) is 31.0 Å².